The van der Waals surface area contributed by atoms with E-state index in [9.17, 15) is 0 Å². The Hall–Kier alpha value is -0.283. The highest BCUT2D eigenvalue weighted by Gasteiger charge is 2.38. The third-order valence-corrected chi connectivity index (χ3v) is 7.53. The van der Waals surface area contributed by atoms with Crippen LogP contribution in [-0.4, -0.2) is 13.6 Å². The van der Waals surface area contributed by atoms with Crippen LogP contribution in [0.25, 0.3) is 0 Å². The third kappa shape index (κ3) is 6.05. The second kappa shape index (κ2) is 7.34. The highest BCUT2D eigenvalue weighted by atomic mass is 79.9. The molecule has 1 aromatic carbocycles. The summed E-state index contributed by atoms with van der Waals surface area (Å²) >= 11 is 3.15. The van der Waals surface area contributed by atoms with Gasteiger partial charge in [-0.05, 0) is 42.8 Å². The van der Waals surface area contributed by atoms with Gasteiger partial charge in [-0.1, -0.05) is 55.8 Å². The lowest BCUT2D eigenvalue weighted by atomic mass is 10.2. The largest absolute Gasteiger partial charge is 0.543 e. The molecule has 0 heterocycles. The summed E-state index contributed by atoms with van der Waals surface area (Å²) in [6, 6.07) is 8.31. The minimum Gasteiger partial charge on any atom is -0.543 e. The summed E-state index contributed by atoms with van der Waals surface area (Å²) in [6.45, 7) is 15.5. The van der Waals surface area contributed by atoms with Crippen molar-refractivity contribution in [1.82, 2.24) is 0 Å². The average Bonchev–Trinajstić information content (AvgIpc) is 2.15. The molecule has 0 aliphatic rings. The Balaban J connectivity index is 0.000000873. The molecule has 0 N–H and O–H groups in total. The van der Waals surface area contributed by atoms with E-state index < -0.39 is 8.32 Å². The first-order valence-electron chi connectivity index (χ1n) is 6.45. The Morgan fingerprint density at radius 3 is 2.11 bits per heavy atom. The fourth-order valence-corrected chi connectivity index (χ4v) is 2.15. The molecule has 0 atom stereocenters. The Morgan fingerprint density at radius 1 is 1.22 bits per heavy atom. The zero-order valence-electron chi connectivity index (χ0n) is 12.8. The van der Waals surface area contributed by atoms with Crippen molar-refractivity contribution in [3.05, 3.63) is 29.8 Å². The van der Waals surface area contributed by atoms with Crippen LogP contribution in [0.2, 0.25) is 18.1 Å². The van der Waals surface area contributed by atoms with Crippen molar-refractivity contribution >= 4 is 24.2 Å². The van der Waals surface area contributed by atoms with Gasteiger partial charge in [-0.15, -0.1) is 0 Å². The van der Waals surface area contributed by atoms with Crippen LogP contribution in [0.3, 0.4) is 0 Å². The molecule has 3 heteroatoms. The van der Waals surface area contributed by atoms with Crippen molar-refractivity contribution in [1.29, 1.82) is 0 Å². The zero-order valence-corrected chi connectivity index (χ0v) is 15.4. The second-order valence-corrected chi connectivity index (χ2v) is 11.8. The van der Waals surface area contributed by atoms with E-state index >= 15 is 0 Å². The lowest BCUT2D eigenvalue weighted by molar-refractivity contribution is 0.492. The van der Waals surface area contributed by atoms with Crippen molar-refractivity contribution in [2.75, 3.05) is 5.33 Å². The van der Waals surface area contributed by atoms with Gasteiger partial charge in [0.15, 0.2) is 0 Å². The lowest BCUT2D eigenvalue weighted by Crippen LogP contribution is -2.43. The molecule has 0 saturated heterocycles. The molecule has 0 saturated carbocycles. The summed E-state index contributed by atoms with van der Waals surface area (Å²) in [5, 5.41) is 1.32. The number of benzene rings is 1. The fraction of sp³-hybridized carbons (Fsp3) is 0.600. The molecule has 0 spiro atoms. The van der Waals surface area contributed by atoms with E-state index in [1.807, 2.05) is 13.0 Å². The van der Waals surface area contributed by atoms with Crippen molar-refractivity contribution in [3.63, 3.8) is 0 Å². The van der Waals surface area contributed by atoms with E-state index in [1.54, 1.807) is 0 Å². The van der Waals surface area contributed by atoms with Gasteiger partial charge >= 0.3 is 0 Å². The quantitative estimate of drug-likeness (QED) is 0.493. The van der Waals surface area contributed by atoms with Crippen LogP contribution in [0.15, 0.2) is 24.3 Å². The predicted octanol–water partition coefficient (Wildman–Crippen LogP) is 5.78. The topological polar surface area (TPSA) is 9.23 Å². The summed E-state index contributed by atoms with van der Waals surface area (Å²) in [5.41, 5.74) is 1.26. The summed E-state index contributed by atoms with van der Waals surface area (Å²) in [6.07, 6.45) is 0. The maximum Gasteiger partial charge on any atom is 0.250 e. The number of hydrogen-bond donors (Lipinski definition) is 0. The van der Waals surface area contributed by atoms with Crippen molar-refractivity contribution in [2.24, 2.45) is 0 Å². The highest BCUT2D eigenvalue weighted by molar-refractivity contribution is 9.09. The molecule has 0 aromatic heterocycles. The minimum absolute atomic E-state index is 0.261. The van der Waals surface area contributed by atoms with Crippen LogP contribution >= 0.6 is 15.9 Å². The fourth-order valence-electron chi connectivity index (χ4n) is 1.13. The molecular weight excluding hydrogens is 304 g/mol. The number of aryl methyl sites for hydroxylation is 1. The lowest BCUT2D eigenvalue weighted by Gasteiger charge is -2.36. The molecule has 0 amide bonds. The highest BCUT2D eigenvalue weighted by Crippen LogP contribution is 2.37. The van der Waals surface area contributed by atoms with E-state index in [-0.39, 0.29) is 5.04 Å². The number of hydrogen-bond acceptors (Lipinski definition) is 1. The summed E-state index contributed by atoms with van der Waals surface area (Å²) < 4.78 is 6.19. The first kappa shape index (κ1) is 17.7. The Labute approximate surface area is 122 Å². The number of alkyl halides is 1. The number of rotatable bonds is 2. The molecule has 0 aliphatic heterocycles. The van der Waals surface area contributed by atoms with Gasteiger partial charge in [-0.3, -0.25) is 0 Å². The standard InChI is InChI=1S/C13H22OSi.C2H5Br/c1-11-8-7-9-12(10-11)14-15(5,6)13(2,3)4;1-2-3/h7-10H,1-6H3;2H2,1H3. The first-order valence-corrected chi connectivity index (χ1v) is 10.5. The molecule has 104 valence electrons. The van der Waals surface area contributed by atoms with Crippen LogP contribution in [-0.2, 0) is 0 Å². The molecule has 1 nitrogen and oxygen atoms in total. The maximum atomic E-state index is 6.19. The first-order chi connectivity index (χ1) is 8.14. The minimum atomic E-state index is -1.67. The van der Waals surface area contributed by atoms with Gasteiger partial charge in [0.1, 0.15) is 5.75 Å². The van der Waals surface area contributed by atoms with Crippen LogP contribution < -0.4 is 4.43 Å². The van der Waals surface area contributed by atoms with Crippen molar-refractivity contribution < 1.29 is 4.43 Å². The molecule has 0 radical (unpaired) electrons. The van der Waals surface area contributed by atoms with E-state index in [1.165, 1.54) is 5.56 Å². The Morgan fingerprint density at radius 2 is 1.72 bits per heavy atom. The zero-order chi connectivity index (χ0) is 14.4. The second-order valence-electron chi connectivity index (χ2n) is 5.95. The van der Waals surface area contributed by atoms with Gasteiger partial charge in [-0.25, -0.2) is 0 Å². The van der Waals surface area contributed by atoms with Gasteiger partial charge in [0.25, 0.3) is 0 Å². The SMILES string of the molecule is CCBr.Cc1cccc(O[Si](C)(C)C(C)(C)C)c1. The van der Waals surface area contributed by atoms with Crippen LogP contribution in [0, 0.1) is 6.92 Å². The monoisotopic (exact) mass is 330 g/mol. The van der Waals surface area contributed by atoms with E-state index in [4.69, 9.17) is 4.43 Å². The van der Waals surface area contributed by atoms with Crippen LogP contribution in [0.4, 0.5) is 0 Å². The molecule has 0 bridgehead atoms. The normalized spacial score (nSPS) is 11.6. The van der Waals surface area contributed by atoms with Crippen molar-refractivity contribution in [3.8, 4) is 5.75 Å². The molecule has 0 unspecified atom stereocenters. The van der Waals surface area contributed by atoms with Crippen molar-refractivity contribution in [2.45, 2.75) is 52.8 Å². The van der Waals surface area contributed by atoms with Crippen LogP contribution in [0.5, 0.6) is 5.75 Å². The molecule has 0 aliphatic carbocycles. The maximum absolute atomic E-state index is 6.19. The molecular formula is C15H27BrOSi. The molecule has 18 heavy (non-hydrogen) atoms. The van der Waals surface area contributed by atoms with E-state index in [2.05, 4.69) is 74.9 Å². The summed E-state index contributed by atoms with van der Waals surface area (Å²) in [4.78, 5) is 0. The summed E-state index contributed by atoms with van der Waals surface area (Å²) in [7, 11) is -1.67. The van der Waals surface area contributed by atoms with Gasteiger partial charge in [0, 0.05) is 5.33 Å². The van der Waals surface area contributed by atoms with Gasteiger partial charge in [-0.2, -0.15) is 0 Å². The molecule has 0 fully saturated rings. The van der Waals surface area contributed by atoms with Gasteiger partial charge < -0.3 is 4.43 Å². The summed E-state index contributed by atoms with van der Waals surface area (Å²) in [5.74, 6) is 1.02. The van der Waals surface area contributed by atoms with Crippen LogP contribution in [0.1, 0.15) is 33.3 Å². The number of halogens is 1. The van der Waals surface area contributed by atoms with Gasteiger partial charge in [0.2, 0.25) is 8.32 Å². The van der Waals surface area contributed by atoms with E-state index in [0.717, 1.165) is 11.1 Å². The smallest absolute Gasteiger partial charge is 0.250 e. The van der Waals surface area contributed by atoms with E-state index in [0.29, 0.717) is 0 Å². The average molecular weight is 331 g/mol. The molecule has 1 aromatic rings. The Kier molecular flexibility index (Phi) is 7.23. The Bertz CT molecular complexity index is 356. The molecule has 1 rings (SSSR count). The third-order valence-electron chi connectivity index (χ3n) is 3.17. The van der Waals surface area contributed by atoms with Gasteiger partial charge in [0.05, 0.1) is 0 Å². The predicted molar refractivity (Wildman–Crippen MR) is 88.5 cm³/mol.